The Morgan fingerprint density at radius 1 is 1.08 bits per heavy atom. The molecule has 0 saturated carbocycles. The van der Waals surface area contributed by atoms with Crippen LogP contribution in [-0.2, 0) is 6.18 Å². The average molecular weight is 366 g/mol. The number of hydrogen-bond donors (Lipinski definition) is 2. The maximum atomic E-state index is 12.9. The Hall–Kier alpha value is -2.91. The normalized spacial score (nSPS) is 11.9. The van der Waals surface area contributed by atoms with E-state index in [2.05, 4.69) is 49.4 Å². The van der Waals surface area contributed by atoms with E-state index in [9.17, 15) is 13.2 Å². The number of fused-ring (bicyclic) bond motifs is 1. The zero-order valence-corrected chi connectivity index (χ0v) is 14.1. The van der Waals surface area contributed by atoms with Crippen LogP contribution in [0.3, 0.4) is 0 Å². The Bertz CT molecular complexity index is 893. The van der Waals surface area contributed by atoms with Gasteiger partial charge in [-0.3, -0.25) is 0 Å². The molecular weight excluding hydrogens is 349 g/mol. The van der Waals surface area contributed by atoms with Gasteiger partial charge >= 0.3 is 6.18 Å². The topological polar surface area (TPSA) is 88.8 Å². The van der Waals surface area contributed by atoms with Crippen molar-refractivity contribution < 1.29 is 17.8 Å². The molecule has 0 amide bonds. The Morgan fingerprint density at radius 3 is 2.42 bits per heavy atom. The minimum absolute atomic E-state index is 0.161. The Balaban J connectivity index is 1.90. The van der Waals surface area contributed by atoms with E-state index in [1.807, 2.05) is 0 Å². The highest BCUT2D eigenvalue weighted by Gasteiger charge is 2.30. The average Bonchev–Trinajstić information content (AvgIpc) is 3.01. The van der Waals surface area contributed by atoms with E-state index >= 15 is 0 Å². The Kier molecular flexibility index (Phi) is 4.92. The lowest BCUT2D eigenvalue weighted by atomic mass is 10.1. The monoisotopic (exact) mass is 366 g/mol. The molecule has 3 aromatic rings. The summed E-state index contributed by atoms with van der Waals surface area (Å²) in [5.41, 5.74) is -0.147. The van der Waals surface area contributed by atoms with Crippen LogP contribution < -0.4 is 10.6 Å². The van der Waals surface area contributed by atoms with Crippen LogP contribution in [0, 0.1) is 5.92 Å². The van der Waals surface area contributed by atoms with Gasteiger partial charge in [0, 0.05) is 12.2 Å². The van der Waals surface area contributed by atoms with Crippen molar-refractivity contribution in [3.8, 4) is 0 Å². The van der Waals surface area contributed by atoms with Crippen molar-refractivity contribution in [2.45, 2.75) is 26.4 Å². The Labute approximate surface area is 147 Å². The van der Waals surface area contributed by atoms with E-state index in [0.29, 0.717) is 18.3 Å². The van der Waals surface area contributed by atoms with Crippen LogP contribution in [0.2, 0.25) is 0 Å². The first-order valence-corrected chi connectivity index (χ1v) is 8.01. The van der Waals surface area contributed by atoms with Gasteiger partial charge in [0.1, 0.15) is 0 Å². The maximum absolute atomic E-state index is 12.9. The van der Waals surface area contributed by atoms with Crippen LogP contribution >= 0.6 is 0 Å². The third kappa shape index (κ3) is 4.19. The number of aromatic nitrogens is 4. The molecule has 0 aliphatic rings. The number of benzene rings is 1. The molecule has 2 N–H and O–H groups in total. The molecule has 0 fully saturated rings. The molecule has 0 aliphatic carbocycles. The molecule has 0 radical (unpaired) electrons. The predicted octanol–water partition coefficient (Wildman–Crippen LogP) is 4.23. The highest BCUT2D eigenvalue weighted by molar-refractivity contribution is 5.76. The largest absolute Gasteiger partial charge is 0.416 e. The lowest BCUT2D eigenvalue weighted by molar-refractivity contribution is -0.137. The summed E-state index contributed by atoms with van der Waals surface area (Å²) >= 11 is 0. The highest BCUT2D eigenvalue weighted by atomic mass is 19.4. The van der Waals surface area contributed by atoms with Crippen molar-refractivity contribution in [3.05, 3.63) is 29.8 Å². The van der Waals surface area contributed by atoms with Crippen LogP contribution in [0.4, 0.5) is 30.5 Å². The second-order valence-corrected chi connectivity index (χ2v) is 6.15. The number of nitrogens with zero attached hydrogens (tertiary/aromatic N) is 4. The fourth-order valence-corrected chi connectivity index (χ4v) is 2.24. The van der Waals surface area contributed by atoms with Crippen LogP contribution in [0.1, 0.15) is 25.8 Å². The van der Waals surface area contributed by atoms with Crippen LogP contribution in [0.5, 0.6) is 0 Å². The minimum Gasteiger partial charge on any atom is -0.367 e. The Morgan fingerprint density at radius 2 is 1.77 bits per heavy atom. The van der Waals surface area contributed by atoms with E-state index < -0.39 is 11.7 Å². The molecule has 26 heavy (non-hydrogen) atoms. The molecule has 0 aliphatic heterocycles. The molecule has 1 aromatic carbocycles. The van der Waals surface area contributed by atoms with Crippen LogP contribution in [0.15, 0.2) is 28.9 Å². The number of hydrogen-bond acceptors (Lipinski definition) is 7. The molecule has 3 rings (SSSR count). The summed E-state index contributed by atoms with van der Waals surface area (Å²) in [5.74, 6) is 1.09. The lowest BCUT2D eigenvalue weighted by Crippen LogP contribution is -2.10. The first kappa shape index (κ1) is 17.9. The van der Waals surface area contributed by atoms with Gasteiger partial charge in [-0.05, 0) is 40.9 Å². The van der Waals surface area contributed by atoms with Crippen molar-refractivity contribution >= 4 is 28.6 Å². The van der Waals surface area contributed by atoms with Crippen LogP contribution in [0.25, 0.3) is 11.3 Å². The van der Waals surface area contributed by atoms with E-state index in [4.69, 9.17) is 0 Å². The summed E-state index contributed by atoms with van der Waals surface area (Å²) in [7, 11) is 0. The fraction of sp³-hybridized carbons (Fsp3) is 0.375. The molecule has 0 bridgehead atoms. The second-order valence-electron chi connectivity index (χ2n) is 6.15. The smallest absolute Gasteiger partial charge is 0.367 e. The molecule has 0 saturated heterocycles. The van der Waals surface area contributed by atoms with Crippen molar-refractivity contribution in [1.29, 1.82) is 0 Å². The maximum Gasteiger partial charge on any atom is 0.416 e. The third-order valence-corrected chi connectivity index (χ3v) is 3.58. The van der Waals surface area contributed by atoms with E-state index in [1.165, 1.54) is 12.1 Å². The van der Waals surface area contributed by atoms with Crippen molar-refractivity contribution in [2.24, 2.45) is 5.92 Å². The molecule has 0 spiro atoms. The summed E-state index contributed by atoms with van der Waals surface area (Å²) < 4.78 is 43.3. The zero-order chi connectivity index (χ0) is 18.7. The first-order valence-electron chi connectivity index (χ1n) is 8.01. The number of halogens is 3. The van der Waals surface area contributed by atoms with Gasteiger partial charge in [-0.15, -0.1) is 0 Å². The summed E-state index contributed by atoms with van der Waals surface area (Å²) in [6, 6.07) is 4.84. The third-order valence-electron chi connectivity index (χ3n) is 3.58. The first-order chi connectivity index (χ1) is 12.3. The van der Waals surface area contributed by atoms with Crippen molar-refractivity contribution in [1.82, 2.24) is 20.3 Å². The van der Waals surface area contributed by atoms with E-state index in [0.717, 1.165) is 18.6 Å². The van der Waals surface area contributed by atoms with Gasteiger partial charge in [-0.1, -0.05) is 19.9 Å². The van der Waals surface area contributed by atoms with Gasteiger partial charge in [0.15, 0.2) is 11.6 Å². The van der Waals surface area contributed by atoms with Crippen molar-refractivity contribution in [3.63, 3.8) is 0 Å². The van der Waals surface area contributed by atoms with Gasteiger partial charge in [0.05, 0.1) is 5.56 Å². The standard InChI is InChI=1S/C16H17F3N6O/c1-9(2)6-7-20-12-13(23-15-14(22-12)24-26-25-15)21-11-5-3-4-10(8-11)16(17,18)19/h3-5,8-9H,6-7H2,1-2H3,(H,20,22,24)(H,21,23,25). The zero-order valence-electron chi connectivity index (χ0n) is 14.1. The molecule has 2 heterocycles. The van der Waals surface area contributed by atoms with Gasteiger partial charge in [0.25, 0.3) is 0 Å². The van der Waals surface area contributed by atoms with Gasteiger partial charge in [-0.2, -0.15) is 13.2 Å². The molecule has 138 valence electrons. The lowest BCUT2D eigenvalue weighted by Gasteiger charge is -2.13. The van der Waals surface area contributed by atoms with Gasteiger partial charge in [0.2, 0.25) is 11.3 Å². The van der Waals surface area contributed by atoms with E-state index in [-0.39, 0.29) is 22.8 Å². The minimum atomic E-state index is -4.43. The molecule has 2 aromatic heterocycles. The molecule has 7 nitrogen and oxygen atoms in total. The summed E-state index contributed by atoms with van der Waals surface area (Å²) in [5, 5.41) is 13.2. The van der Waals surface area contributed by atoms with Crippen molar-refractivity contribution in [2.75, 3.05) is 17.2 Å². The number of alkyl halides is 3. The highest BCUT2D eigenvalue weighted by Crippen LogP contribution is 2.32. The number of rotatable bonds is 6. The quantitative estimate of drug-likeness (QED) is 0.675. The molecular formula is C16H17F3N6O. The van der Waals surface area contributed by atoms with Gasteiger partial charge in [-0.25, -0.2) is 14.6 Å². The SMILES string of the molecule is CC(C)CCNc1nc2nonc2nc1Nc1cccc(C(F)(F)F)c1. The molecule has 0 atom stereocenters. The summed E-state index contributed by atoms with van der Waals surface area (Å²) in [6.07, 6.45) is -3.54. The molecule has 10 heteroatoms. The second kappa shape index (κ2) is 7.14. The number of nitrogens with one attached hydrogen (secondary N) is 2. The number of anilines is 3. The summed E-state index contributed by atoms with van der Waals surface area (Å²) in [4.78, 5) is 8.51. The van der Waals surface area contributed by atoms with Crippen LogP contribution in [-0.4, -0.2) is 26.8 Å². The van der Waals surface area contributed by atoms with Gasteiger partial charge < -0.3 is 10.6 Å². The summed E-state index contributed by atoms with van der Waals surface area (Å²) in [6.45, 7) is 4.79. The fourth-order valence-electron chi connectivity index (χ4n) is 2.24. The molecule has 0 unspecified atom stereocenters. The van der Waals surface area contributed by atoms with E-state index in [1.54, 1.807) is 0 Å². The predicted molar refractivity (Wildman–Crippen MR) is 90.1 cm³/mol.